The third kappa shape index (κ3) is 5.33. The molecule has 1 aromatic rings. The lowest BCUT2D eigenvalue weighted by Crippen LogP contribution is -2.42. The van der Waals surface area contributed by atoms with Crippen molar-refractivity contribution in [1.29, 1.82) is 0 Å². The molecular weight excluding hydrogens is 272 g/mol. The van der Waals surface area contributed by atoms with Gasteiger partial charge in [0.15, 0.2) is 0 Å². The molecule has 1 heterocycles. The van der Waals surface area contributed by atoms with E-state index in [1.807, 2.05) is 17.5 Å². The quantitative estimate of drug-likeness (QED) is 0.818. The molecule has 1 aliphatic carbocycles. The normalized spacial score (nSPS) is 16.4. The Morgan fingerprint density at radius 1 is 1.15 bits per heavy atom. The minimum atomic E-state index is -0.0940. The van der Waals surface area contributed by atoms with Gasteiger partial charge in [-0.3, -0.25) is 9.59 Å². The number of rotatable bonds is 5. The standard InChI is InChI=1S/C15H22N2O2S/c18-14(10-13-8-5-9-20-13)16-11-15(19)17-12-6-3-1-2-4-7-12/h5,8-9,12H,1-4,6-7,10-11H2,(H,16,18)(H,17,19). The van der Waals surface area contributed by atoms with Gasteiger partial charge in [-0.05, 0) is 24.3 Å². The summed E-state index contributed by atoms with van der Waals surface area (Å²) >= 11 is 1.55. The first kappa shape index (κ1) is 15.0. The van der Waals surface area contributed by atoms with Crippen molar-refractivity contribution in [3.8, 4) is 0 Å². The van der Waals surface area contributed by atoms with E-state index in [4.69, 9.17) is 0 Å². The molecule has 2 rings (SSSR count). The maximum absolute atomic E-state index is 11.8. The van der Waals surface area contributed by atoms with E-state index in [0.29, 0.717) is 12.5 Å². The van der Waals surface area contributed by atoms with Gasteiger partial charge in [0.25, 0.3) is 0 Å². The third-order valence-corrected chi connectivity index (χ3v) is 4.46. The van der Waals surface area contributed by atoms with Crippen LogP contribution < -0.4 is 10.6 Å². The van der Waals surface area contributed by atoms with Crippen molar-refractivity contribution in [2.45, 2.75) is 51.0 Å². The van der Waals surface area contributed by atoms with Gasteiger partial charge in [0, 0.05) is 10.9 Å². The average molecular weight is 294 g/mol. The molecule has 1 aliphatic rings. The van der Waals surface area contributed by atoms with Crippen LogP contribution in [0.4, 0.5) is 0 Å². The highest BCUT2D eigenvalue weighted by Gasteiger charge is 2.15. The van der Waals surface area contributed by atoms with Crippen molar-refractivity contribution < 1.29 is 9.59 Å². The number of carbonyl (C=O) groups is 2. The molecule has 1 saturated carbocycles. The van der Waals surface area contributed by atoms with Crippen molar-refractivity contribution in [1.82, 2.24) is 10.6 Å². The van der Waals surface area contributed by atoms with Crippen molar-refractivity contribution in [3.63, 3.8) is 0 Å². The predicted molar refractivity (Wildman–Crippen MR) is 80.7 cm³/mol. The van der Waals surface area contributed by atoms with Crippen molar-refractivity contribution in [2.75, 3.05) is 6.54 Å². The molecule has 0 aliphatic heterocycles. The van der Waals surface area contributed by atoms with Gasteiger partial charge in [-0.2, -0.15) is 0 Å². The summed E-state index contributed by atoms with van der Waals surface area (Å²) in [5.41, 5.74) is 0. The highest BCUT2D eigenvalue weighted by molar-refractivity contribution is 7.10. The minimum Gasteiger partial charge on any atom is -0.352 e. The van der Waals surface area contributed by atoms with Gasteiger partial charge in [0.2, 0.25) is 11.8 Å². The molecule has 0 radical (unpaired) electrons. The van der Waals surface area contributed by atoms with Gasteiger partial charge in [-0.25, -0.2) is 0 Å². The second kappa shape index (κ2) is 8.04. The smallest absolute Gasteiger partial charge is 0.239 e. The molecule has 0 saturated heterocycles. The van der Waals surface area contributed by atoms with E-state index < -0.39 is 0 Å². The van der Waals surface area contributed by atoms with Crippen molar-refractivity contribution >= 4 is 23.2 Å². The molecule has 1 aromatic heterocycles. The first-order valence-corrected chi connectivity index (χ1v) is 8.20. The van der Waals surface area contributed by atoms with E-state index in [0.717, 1.165) is 17.7 Å². The number of hydrogen-bond donors (Lipinski definition) is 2. The fraction of sp³-hybridized carbons (Fsp3) is 0.600. The highest BCUT2D eigenvalue weighted by Crippen LogP contribution is 2.16. The first-order chi connectivity index (χ1) is 9.74. The van der Waals surface area contributed by atoms with Crippen LogP contribution in [0.2, 0.25) is 0 Å². The van der Waals surface area contributed by atoms with E-state index in [9.17, 15) is 9.59 Å². The SMILES string of the molecule is O=C(Cc1cccs1)NCC(=O)NC1CCCCCC1. The summed E-state index contributed by atoms with van der Waals surface area (Å²) < 4.78 is 0. The van der Waals surface area contributed by atoms with Crippen LogP contribution >= 0.6 is 11.3 Å². The fourth-order valence-electron chi connectivity index (χ4n) is 2.52. The van der Waals surface area contributed by atoms with E-state index in [1.165, 1.54) is 25.7 Å². The van der Waals surface area contributed by atoms with Crippen LogP contribution in [0.3, 0.4) is 0 Å². The largest absolute Gasteiger partial charge is 0.352 e. The predicted octanol–water partition coefficient (Wildman–Crippen LogP) is 2.25. The Morgan fingerprint density at radius 2 is 1.90 bits per heavy atom. The maximum atomic E-state index is 11.8. The average Bonchev–Trinajstić information content (AvgIpc) is 2.80. The molecule has 0 spiro atoms. The van der Waals surface area contributed by atoms with Gasteiger partial charge in [0.05, 0.1) is 13.0 Å². The molecule has 1 fully saturated rings. The molecule has 2 amide bonds. The lowest BCUT2D eigenvalue weighted by atomic mass is 10.1. The van der Waals surface area contributed by atoms with E-state index >= 15 is 0 Å². The van der Waals surface area contributed by atoms with Crippen LogP contribution in [0.25, 0.3) is 0 Å². The zero-order valence-corrected chi connectivity index (χ0v) is 12.5. The van der Waals surface area contributed by atoms with Gasteiger partial charge < -0.3 is 10.6 Å². The van der Waals surface area contributed by atoms with Gasteiger partial charge >= 0.3 is 0 Å². The monoisotopic (exact) mass is 294 g/mol. The topological polar surface area (TPSA) is 58.2 Å². The lowest BCUT2D eigenvalue weighted by molar-refractivity contribution is -0.126. The van der Waals surface area contributed by atoms with Gasteiger partial charge in [-0.15, -0.1) is 11.3 Å². The Morgan fingerprint density at radius 3 is 2.55 bits per heavy atom. The number of hydrogen-bond acceptors (Lipinski definition) is 3. The number of amides is 2. The van der Waals surface area contributed by atoms with E-state index in [-0.39, 0.29) is 18.4 Å². The van der Waals surface area contributed by atoms with E-state index in [2.05, 4.69) is 10.6 Å². The molecule has 4 nitrogen and oxygen atoms in total. The summed E-state index contributed by atoms with van der Waals surface area (Å²) in [5, 5.41) is 7.65. The summed E-state index contributed by atoms with van der Waals surface area (Å²) in [5.74, 6) is -0.167. The molecule has 2 N–H and O–H groups in total. The second-order valence-corrected chi connectivity index (χ2v) is 6.32. The Bertz CT molecular complexity index is 423. The van der Waals surface area contributed by atoms with Crippen molar-refractivity contribution in [2.24, 2.45) is 0 Å². The van der Waals surface area contributed by atoms with Crippen molar-refractivity contribution in [3.05, 3.63) is 22.4 Å². The zero-order chi connectivity index (χ0) is 14.2. The Kier molecular flexibility index (Phi) is 6.05. The molecule has 5 heteroatoms. The summed E-state index contributed by atoms with van der Waals surface area (Å²) in [4.78, 5) is 24.5. The Labute approximate surface area is 124 Å². The summed E-state index contributed by atoms with van der Waals surface area (Å²) in [7, 11) is 0. The van der Waals surface area contributed by atoms with Crippen LogP contribution in [-0.4, -0.2) is 24.4 Å². The molecular formula is C15H22N2O2S. The highest BCUT2D eigenvalue weighted by atomic mass is 32.1. The van der Waals surface area contributed by atoms with Crippen LogP contribution in [-0.2, 0) is 16.0 Å². The minimum absolute atomic E-state index is 0.0728. The number of nitrogens with one attached hydrogen (secondary N) is 2. The number of carbonyl (C=O) groups excluding carboxylic acids is 2. The first-order valence-electron chi connectivity index (χ1n) is 7.32. The molecule has 0 atom stereocenters. The van der Waals surface area contributed by atoms with Crippen LogP contribution in [0, 0.1) is 0 Å². The third-order valence-electron chi connectivity index (χ3n) is 3.58. The summed E-state index contributed by atoms with van der Waals surface area (Å²) in [6, 6.07) is 4.14. The summed E-state index contributed by atoms with van der Waals surface area (Å²) in [6.45, 7) is 0.0840. The van der Waals surface area contributed by atoms with E-state index in [1.54, 1.807) is 11.3 Å². The molecule has 0 bridgehead atoms. The van der Waals surface area contributed by atoms with Gasteiger partial charge in [-0.1, -0.05) is 31.7 Å². The summed E-state index contributed by atoms with van der Waals surface area (Å²) in [6.07, 6.45) is 7.40. The Hall–Kier alpha value is -1.36. The molecule has 0 unspecified atom stereocenters. The molecule has 0 aromatic carbocycles. The Balaban J connectivity index is 1.65. The molecule has 20 heavy (non-hydrogen) atoms. The molecule has 110 valence electrons. The zero-order valence-electron chi connectivity index (χ0n) is 11.7. The number of thiophene rings is 1. The fourth-order valence-corrected chi connectivity index (χ4v) is 3.22. The van der Waals surface area contributed by atoms with Crippen LogP contribution in [0.15, 0.2) is 17.5 Å². The van der Waals surface area contributed by atoms with Crippen LogP contribution in [0.1, 0.15) is 43.4 Å². The maximum Gasteiger partial charge on any atom is 0.239 e. The van der Waals surface area contributed by atoms with Crippen LogP contribution in [0.5, 0.6) is 0 Å². The lowest BCUT2D eigenvalue weighted by Gasteiger charge is -2.16. The van der Waals surface area contributed by atoms with Gasteiger partial charge in [0.1, 0.15) is 0 Å². The second-order valence-electron chi connectivity index (χ2n) is 5.29.